The van der Waals surface area contributed by atoms with Crippen molar-refractivity contribution in [2.75, 3.05) is 6.61 Å². The van der Waals surface area contributed by atoms with Gasteiger partial charge >= 0.3 is 5.97 Å². The minimum atomic E-state index is -0.540. The molecule has 0 aliphatic heterocycles. The third kappa shape index (κ3) is 4.40. The number of benzene rings is 1. The van der Waals surface area contributed by atoms with Gasteiger partial charge in [0.05, 0.1) is 16.8 Å². The van der Waals surface area contributed by atoms with Gasteiger partial charge in [-0.2, -0.15) is 0 Å². The number of carbonyl (C=O) groups is 2. The van der Waals surface area contributed by atoms with Crippen molar-refractivity contribution in [3.05, 3.63) is 69.9 Å². The van der Waals surface area contributed by atoms with E-state index in [0.717, 1.165) is 41.2 Å². The number of Topliss-reactive ketones (excluding diaryl/α,β-unsaturated/α-hetero) is 1. The molecule has 0 bridgehead atoms. The van der Waals surface area contributed by atoms with Crippen molar-refractivity contribution in [3.63, 3.8) is 0 Å². The number of aryl methyl sites for hydroxylation is 3. The molecule has 7 nitrogen and oxygen atoms in total. The van der Waals surface area contributed by atoms with Gasteiger partial charge in [0.2, 0.25) is 5.78 Å². The largest absolute Gasteiger partial charge is 0.489 e. The Balaban J connectivity index is 1.32. The summed E-state index contributed by atoms with van der Waals surface area (Å²) in [5.74, 6) is 0.606. The minimum Gasteiger partial charge on any atom is -0.489 e. The van der Waals surface area contributed by atoms with E-state index in [1.807, 2.05) is 33.8 Å². The fourth-order valence-electron chi connectivity index (χ4n) is 3.80. The summed E-state index contributed by atoms with van der Waals surface area (Å²) >= 11 is 0. The van der Waals surface area contributed by atoms with Crippen molar-refractivity contribution in [3.8, 4) is 5.75 Å². The quantitative estimate of drug-likeness (QED) is 0.388. The predicted molar refractivity (Wildman–Crippen MR) is 114 cm³/mol. The van der Waals surface area contributed by atoms with Crippen LogP contribution in [0.2, 0.25) is 0 Å². The second kappa shape index (κ2) is 8.41. The van der Waals surface area contributed by atoms with Gasteiger partial charge in [0.15, 0.2) is 6.61 Å². The maximum Gasteiger partial charge on any atom is 0.338 e. The number of esters is 1. The molecule has 0 saturated heterocycles. The zero-order valence-electron chi connectivity index (χ0n) is 18.2. The van der Waals surface area contributed by atoms with Crippen LogP contribution < -0.4 is 4.74 Å². The van der Waals surface area contributed by atoms with Crippen LogP contribution in [0.4, 0.5) is 0 Å². The summed E-state index contributed by atoms with van der Waals surface area (Å²) in [6.07, 6.45) is 2.30. The van der Waals surface area contributed by atoms with Crippen LogP contribution in [0, 0.1) is 27.7 Å². The molecular weight excluding hydrogens is 396 g/mol. The van der Waals surface area contributed by atoms with Gasteiger partial charge in [0.1, 0.15) is 18.1 Å². The van der Waals surface area contributed by atoms with Crippen molar-refractivity contribution >= 4 is 11.8 Å². The highest BCUT2D eigenvalue weighted by Crippen LogP contribution is 2.38. The van der Waals surface area contributed by atoms with Crippen molar-refractivity contribution in [2.24, 2.45) is 0 Å². The summed E-state index contributed by atoms with van der Waals surface area (Å²) in [5, 5.41) is 3.90. The zero-order chi connectivity index (χ0) is 22.1. The topological polar surface area (TPSA) is 83.6 Å². The predicted octanol–water partition coefficient (Wildman–Crippen LogP) is 4.66. The summed E-state index contributed by atoms with van der Waals surface area (Å²) in [6, 6.07) is 9.01. The van der Waals surface area contributed by atoms with Crippen molar-refractivity contribution in [1.82, 2.24) is 9.72 Å². The summed E-state index contributed by atoms with van der Waals surface area (Å²) in [4.78, 5) is 25.0. The highest BCUT2D eigenvalue weighted by atomic mass is 16.5. The summed E-state index contributed by atoms with van der Waals surface area (Å²) in [7, 11) is 0. The first-order valence-electron chi connectivity index (χ1n) is 10.4. The van der Waals surface area contributed by atoms with Gasteiger partial charge in [-0.05, 0) is 70.9 Å². The molecule has 3 aromatic rings. The third-order valence-corrected chi connectivity index (χ3v) is 5.69. The molecule has 1 saturated carbocycles. The smallest absolute Gasteiger partial charge is 0.338 e. The number of rotatable bonds is 8. The molecule has 0 N–H and O–H groups in total. The van der Waals surface area contributed by atoms with E-state index in [-0.39, 0.29) is 12.4 Å². The maximum atomic E-state index is 12.6. The number of nitrogens with zero attached hydrogens (tertiary/aromatic N) is 2. The van der Waals surface area contributed by atoms with Crippen molar-refractivity contribution < 1.29 is 23.6 Å². The monoisotopic (exact) mass is 422 g/mol. The first-order valence-corrected chi connectivity index (χ1v) is 10.4. The molecule has 2 aromatic heterocycles. The molecule has 1 aliphatic carbocycles. The van der Waals surface area contributed by atoms with Crippen molar-refractivity contribution in [2.45, 2.75) is 53.2 Å². The van der Waals surface area contributed by atoms with E-state index in [4.69, 9.17) is 14.0 Å². The Morgan fingerprint density at radius 2 is 1.84 bits per heavy atom. The van der Waals surface area contributed by atoms with Crippen LogP contribution in [0.15, 0.2) is 34.9 Å². The van der Waals surface area contributed by atoms with E-state index in [1.54, 1.807) is 24.3 Å². The van der Waals surface area contributed by atoms with E-state index in [2.05, 4.69) is 9.72 Å². The summed E-state index contributed by atoms with van der Waals surface area (Å²) < 4.78 is 18.3. The fourth-order valence-corrected chi connectivity index (χ4v) is 3.80. The van der Waals surface area contributed by atoms with Crippen LogP contribution in [-0.4, -0.2) is 28.1 Å². The molecule has 0 unspecified atom stereocenters. The Morgan fingerprint density at radius 3 is 2.45 bits per heavy atom. The Labute approximate surface area is 180 Å². The lowest BCUT2D eigenvalue weighted by atomic mass is 10.1. The first-order chi connectivity index (χ1) is 14.8. The van der Waals surface area contributed by atoms with E-state index in [9.17, 15) is 9.59 Å². The van der Waals surface area contributed by atoms with Crippen LogP contribution in [-0.2, 0) is 11.3 Å². The van der Waals surface area contributed by atoms with Gasteiger partial charge in [-0.3, -0.25) is 4.79 Å². The van der Waals surface area contributed by atoms with Gasteiger partial charge in [-0.25, -0.2) is 4.79 Å². The molecule has 4 rings (SSSR count). The lowest BCUT2D eigenvalue weighted by molar-refractivity contribution is 0.0474. The Morgan fingerprint density at radius 1 is 1.13 bits per heavy atom. The van der Waals surface area contributed by atoms with E-state index in [0.29, 0.717) is 29.5 Å². The number of ketones is 1. The normalized spacial score (nSPS) is 13.3. The molecule has 7 heteroatoms. The molecule has 2 heterocycles. The number of carbonyl (C=O) groups excluding carboxylic acids is 2. The van der Waals surface area contributed by atoms with Crippen LogP contribution in [0.1, 0.15) is 68.0 Å². The SMILES string of the molecule is Cc1noc(C)c1COc1ccc(C(=O)OCC(=O)c2cc(C)n(C3CC3)c2C)cc1. The first kappa shape index (κ1) is 20.9. The summed E-state index contributed by atoms with van der Waals surface area (Å²) in [5.41, 5.74) is 4.70. The van der Waals surface area contributed by atoms with E-state index in [1.165, 1.54) is 0 Å². The molecule has 1 aromatic carbocycles. The van der Waals surface area contributed by atoms with Crippen LogP contribution in [0.25, 0.3) is 0 Å². The van der Waals surface area contributed by atoms with Crippen molar-refractivity contribution in [1.29, 1.82) is 0 Å². The van der Waals surface area contributed by atoms with Gasteiger partial charge in [-0.15, -0.1) is 0 Å². The number of hydrogen-bond donors (Lipinski definition) is 0. The minimum absolute atomic E-state index is 0.187. The molecule has 0 amide bonds. The van der Waals surface area contributed by atoms with E-state index >= 15 is 0 Å². The molecule has 0 radical (unpaired) electrons. The molecule has 1 aliphatic rings. The van der Waals surface area contributed by atoms with Crippen LogP contribution >= 0.6 is 0 Å². The fraction of sp³-hybridized carbons (Fsp3) is 0.375. The zero-order valence-corrected chi connectivity index (χ0v) is 18.2. The molecular formula is C24H26N2O5. The van der Waals surface area contributed by atoms with Crippen LogP contribution in [0.3, 0.4) is 0 Å². The maximum absolute atomic E-state index is 12.6. The van der Waals surface area contributed by atoms with Gasteiger partial charge in [0, 0.05) is 23.0 Å². The third-order valence-electron chi connectivity index (χ3n) is 5.69. The highest BCUT2D eigenvalue weighted by molar-refractivity contribution is 6.00. The standard InChI is InChI=1S/C24H26N2O5/c1-14-11-21(16(3)26(14)19-7-8-19)23(27)13-30-24(28)18-5-9-20(10-6-18)29-12-22-15(2)25-31-17(22)4/h5-6,9-11,19H,7-8,12-13H2,1-4H3. The Bertz CT molecular complexity index is 1100. The van der Waals surface area contributed by atoms with Crippen LogP contribution in [0.5, 0.6) is 5.75 Å². The van der Waals surface area contributed by atoms with Gasteiger partial charge in [0.25, 0.3) is 0 Å². The number of hydrogen-bond acceptors (Lipinski definition) is 6. The number of aromatic nitrogens is 2. The average molecular weight is 422 g/mol. The highest BCUT2D eigenvalue weighted by Gasteiger charge is 2.28. The average Bonchev–Trinajstić information content (AvgIpc) is 3.47. The lowest BCUT2D eigenvalue weighted by Crippen LogP contribution is -2.15. The summed E-state index contributed by atoms with van der Waals surface area (Å²) in [6.45, 7) is 7.70. The Hall–Kier alpha value is -3.35. The molecule has 31 heavy (non-hydrogen) atoms. The molecule has 1 fully saturated rings. The lowest BCUT2D eigenvalue weighted by Gasteiger charge is -2.08. The second-order valence-corrected chi connectivity index (χ2v) is 8.00. The van der Waals surface area contributed by atoms with Gasteiger partial charge < -0.3 is 18.6 Å². The van der Waals surface area contributed by atoms with E-state index < -0.39 is 5.97 Å². The second-order valence-electron chi connectivity index (χ2n) is 8.00. The molecule has 162 valence electrons. The number of ether oxygens (including phenoxy) is 2. The molecule has 0 atom stereocenters. The molecule has 0 spiro atoms. The Kier molecular flexibility index (Phi) is 5.67. The van der Waals surface area contributed by atoms with Gasteiger partial charge in [-0.1, -0.05) is 5.16 Å².